The zero-order valence-corrected chi connectivity index (χ0v) is 11.0. The van der Waals surface area contributed by atoms with Gasteiger partial charge in [-0.05, 0) is 24.3 Å². The van der Waals surface area contributed by atoms with Crippen molar-refractivity contribution in [1.29, 1.82) is 0 Å². The summed E-state index contributed by atoms with van der Waals surface area (Å²) in [5.74, 6) is -0.203. The van der Waals surface area contributed by atoms with Gasteiger partial charge < -0.3 is 4.74 Å². The highest BCUT2D eigenvalue weighted by Gasteiger charge is 2.24. The minimum atomic E-state index is -0.497. The lowest BCUT2D eigenvalue weighted by Crippen LogP contribution is -2.04. The molecule has 0 fully saturated rings. The molecule has 0 bridgehead atoms. The standard InChI is InChI=1S/C15H9ClN2O2/c16-13-11(7-4-8-17-13)9-12-15(19)20-14(18-12)10-5-2-1-3-6-10/h1-9H/b12-9-. The summed E-state index contributed by atoms with van der Waals surface area (Å²) >= 11 is 5.95. The van der Waals surface area contributed by atoms with Gasteiger partial charge in [-0.3, -0.25) is 0 Å². The molecular formula is C15H9ClN2O2. The number of nitrogens with zero attached hydrogens (tertiary/aromatic N) is 2. The lowest BCUT2D eigenvalue weighted by molar-refractivity contribution is -0.129. The van der Waals surface area contributed by atoms with E-state index in [1.54, 1.807) is 24.4 Å². The van der Waals surface area contributed by atoms with E-state index < -0.39 is 5.97 Å². The maximum atomic E-state index is 11.8. The van der Waals surface area contributed by atoms with Crippen LogP contribution in [-0.4, -0.2) is 16.9 Å². The van der Waals surface area contributed by atoms with Crippen molar-refractivity contribution in [2.24, 2.45) is 4.99 Å². The van der Waals surface area contributed by atoms with Crippen molar-refractivity contribution in [2.45, 2.75) is 0 Å². The summed E-state index contributed by atoms with van der Waals surface area (Å²) in [6.07, 6.45) is 3.14. The van der Waals surface area contributed by atoms with Crippen LogP contribution in [0.5, 0.6) is 0 Å². The van der Waals surface area contributed by atoms with Crippen molar-refractivity contribution in [3.05, 3.63) is 70.6 Å². The number of cyclic esters (lactones) is 1. The largest absolute Gasteiger partial charge is 0.402 e. The minimum absolute atomic E-state index is 0.207. The molecule has 1 aromatic heterocycles. The molecule has 4 nitrogen and oxygen atoms in total. The Kier molecular flexibility index (Phi) is 3.31. The van der Waals surface area contributed by atoms with E-state index in [4.69, 9.17) is 16.3 Å². The normalized spacial score (nSPS) is 16.1. The van der Waals surface area contributed by atoms with E-state index in [9.17, 15) is 4.79 Å². The van der Waals surface area contributed by atoms with Crippen LogP contribution in [0.15, 0.2) is 59.4 Å². The summed E-state index contributed by atoms with van der Waals surface area (Å²) in [5.41, 5.74) is 1.58. The Morgan fingerprint density at radius 2 is 1.90 bits per heavy atom. The van der Waals surface area contributed by atoms with E-state index in [0.29, 0.717) is 16.6 Å². The summed E-state index contributed by atoms with van der Waals surface area (Å²) in [6, 6.07) is 12.7. The molecule has 1 aliphatic rings. The number of carbonyl (C=O) groups excluding carboxylic acids is 1. The molecule has 2 aromatic rings. The Balaban J connectivity index is 1.97. The molecule has 0 atom stereocenters. The summed E-state index contributed by atoms with van der Waals surface area (Å²) in [7, 11) is 0. The Hall–Kier alpha value is -2.46. The summed E-state index contributed by atoms with van der Waals surface area (Å²) in [4.78, 5) is 19.9. The summed E-state index contributed by atoms with van der Waals surface area (Å²) in [5, 5.41) is 0.316. The first kappa shape index (κ1) is 12.6. The molecule has 0 spiro atoms. The SMILES string of the molecule is O=C1OC(c2ccccc2)=N/C1=C\c1cccnc1Cl. The zero-order valence-electron chi connectivity index (χ0n) is 10.3. The molecule has 0 saturated carbocycles. The van der Waals surface area contributed by atoms with Crippen molar-refractivity contribution in [1.82, 2.24) is 4.98 Å². The average molecular weight is 285 g/mol. The number of ether oxygens (including phenoxy) is 1. The Labute approximate surface area is 120 Å². The summed E-state index contributed by atoms with van der Waals surface area (Å²) in [6.45, 7) is 0. The van der Waals surface area contributed by atoms with Gasteiger partial charge in [0.25, 0.3) is 0 Å². The van der Waals surface area contributed by atoms with Crippen molar-refractivity contribution < 1.29 is 9.53 Å². The van der Waals surface area contributed by atoms with E-state index in [-0.39, 0.29) is 5.70 Å². The molecule has 0 unspecified atom stereocenters. The van der Waals surface area contributed by atoms with Crippen LogP contribution in [0, 0.1) is 0 Å². The topological polar surface area (TPSA) is 51.5 Å². The smallest absolute Gasteiger partial charge is 0.363 e. The third-order valence-electron chi connectivity index (χ3n) is 2.72. The molecule has 0 N–H and O–H groups in total. The molecule has 2 heterocycles. The van der Waals surface area contributed by atoms with Crippen molar-refractivity contribution in [3.8, 4) is 0 Å². The van der Waals surface area contributed by atoms with Crippen LogP contribution in [0.3, 0.4) is 0 Å². The number of halogens is 1. The van der Waals surface area contributed by atoms with Gasteiger partial charge in [0.2, 0.25) is 5.90 Å². The predicted octanol–water partition coefficient (Wildman–Crippen LogP) is 3.08. The van der Waals surface area contributed by atoms with Crippen LogP contribution in [0.25, 0.3) is 6.08 Å². The van der Waals surface area contributed by atoms with E-state index >= 15 is 0 Å². The Morgan fingerprint density at radius 1 is 1.10 bits per heavy atom. The Bertz CT molecular complexity index is 724. The van der Waals surface area contributed by atoms with Gasteiger partial charge in [-0.25, -0.2) is 14.8 Å². The van der Waals surface area contributed by atoms with Gasteiger partial charge >= 0.3 is 5.97 Å². The van der Waals surface area contributed by atoms with Crippen LogP contribution in [0.4, 0.5) is 0 Å². The zero-order chi connectivity index (χ0) is 13.9. The van der Waals surface area contributed by atoms with Crippen molar-refractivity contribution >= 4 is 29.5 Å². The number of aliphatic imine (C=N–C) groups is 1. The van der Waals surface area contributed by atoms with Crippen LogP contribution < -0.4 is 0 Å². The predicted molar refractivity (Wildman–Crippen MR) is 76.3 cm³/mol. The number of esters is 1. The van der Waals surface area contributed by atoms with Crippen LogP contribution in [0.2, 0.25) is 5.15 Å². The monoisotopic (exact) mass is 284 g/mol. The average Bonchev–Trinajstić information content (AvgIpc) is 2.84. The fourth-order valence-corrected chi connectivity index (χ4v) is 1.94. The maximum Gasteiger partial charge on any atom is 0.363 e. The molecule has 0 saturated heterocycles. The van der Waals surface area contributed by atoms with Gasteiger partial charge in [-0.15, -0.1) is 0 Å². The fraction of sp³-hybridized carbons (Fsp3) is 0. The number of rotatable bonds is 2. The maximum absolute atomic E-state index is 11.8. The van der Waals surface area contributed by atoms with E-state index in [0.717, 1.165) is 5.56 Å². The molecule has 1 aromatic carbocycles. The second kappa shape index (κ2) is 5.27. The number of benzene rings is 1. The highest BCUT2D eigenvalue weighted by molar-refractivity contribution is 6.31. The number of hydrogen-bond acceptors (Lipinski definition) is 4. The van der Waals surface area contributed by atoms with Gasteiger partial charge in [-0.2, -0.15) is 0 Å². The second-order valence-corrected chi connectivity index (χ2v) is 4.44. The molecule has 98 valence electrons. The van der Waals surface area contributed by atoms with E-state index in [1.807, 2.05) is 30.3 Å². The fourth-order valence-electron chi connectivity index (χ4n) is 1.77. The first-order valence-corrected chi connectivity index (χ1v) is 6.30. The lowest BCUT2D eigenvalue weighted by atomic mass is 10.2. The molecule has 0 aliphatic carbocycles. The molecular weight excluding hydrogens is 276 g/mol. The first-order chi connectivity index (χ1) is 9.74. The summed E-state index contributed by atoms with van der Waals surface area (Å²) < 4.78 is 5.15. The van der Waals surface area contributed by atoms with Crippen LogP contribution in [0.1, 0.15) is 11.1 Å². The van der Waals surface area contributed by atoms with Gasteiger partial charge in [0.15, 0.2) is 5.70 Å². The van der Waals surface area contributed by atoms with E-state index in [1.165, 1.54) is 0 Å². The Morgan fingerprint density at radius 3 is 2.65 bits per heavy atom. The van der Waals surface area contributed by atoms with E-state index in [2.05, 4.69) is 9.98 Å². The van der Waals surface area contributed by atoms with Gasteiger partial charge in [-0.1, -0.05) is 35.9 Å². The highest BCUT2D eigenvalue weighted by atomic mass is 35.5. The second-order valence-electron chi connectivity index (χ2n) is 4.09. The van der Waals surface area contributed by atoms with Gasteiger partial charge in [0, 0.05) is 17.3 Å². The third kappa shape index (κ3) is 2.46. The van der Waals surface area contributed by atoms with Crippen molar-refractivity contribution in [2.75, 3.05) is 0 Å². The van der Waals surface area contributed by atoms with Crippen molar-refractivity contribution in [3.63, 3.8) is 0 Å². The molecule has 0 radical (unpaired) electrons. The first-order valence-electron chi connectivity index (χ1n) is 5.92. The van der Waals surface area contributed by atoms with Crippen LogP contribution >= 0.6 is 11.6 Å². The number of carbonyl (C=O) groups is 1. The highest BCUT2D eigenvalue weighted by Crippen LogP contribution is 2.21. The van der Waals surface area contributed by atoms with Gasteiger partial charge in [0.05, 0.1) is 0 Å². The number of pyridine rings is 1. The quantitative estimate of drug-likeness (QED) is 0.484. The number of aromatic nitrogens is 1. The minimum Gasteiger partial charge on any atom is -0.402 e. The molecule has 5 heteroatoms. The van der Waals surface area contributed by atoms with Crippen LogP contribution in [-0.2, 0) is 9.53 Å². The lowest BCUT2D eigenvalue weighted by Gasteiger charge is -1.97. The molecule has 0 amide bonds. The number of hydrogen-bond donors (Lipinski definition) is 0. The third-order valence-corrected chi connectivity index (χ3v) is 3.04. The molecule has 1 aliphatic heterocycles. The molecule has 3 rings (SSSR count). The molecule has 20 heavy (non-hydrogen) atoms. The van der Waals surface area contributed by atoms with Gasteiger partial charge in [0.1, 0.15) is 5.15 Å².